The van der Waals surface area contributed by atoms with E-state index in [1.165, 1.54) is 48.2 Å². The van der Waals surface area contributed by atoms with E-state index in [0.717, 1.165) is 5.69 Å². The van der Waals surface area contributed by atoms with Gasteiger partial charge in [-0.2, -0.15) is 5.10 Å². The molecule has 0 saturated carbocycles. The Kier molecular flexibility index (Phi) is 4.67. The lowest BCUT2D eigenvalue weighted by molar-refractivity contribution is 0.576. The lowest BCUT2D eigenvalue weighted by Gasteiger charge is -2.19. The number of aromatic nitrogens is 2. The molecule has 130 valence electrons. The Labute approximate surface area is 148 Å². The van der Waals surface area contributed by atoms with Crippen molar-refractivity contribution >= 4 is 0 Å². The molecule has 1 heterocycles. The molecule has 2 aromatic rings. The molecule has 3 rings (SSSR count). The third-order valence-electron chi connectivity index (χ3n) is 5.20. The number of hydrogen-bond donors (Lipinski definition) is 0. The summed E-state index contributed by atoms with van der Waals surface area (Å²) in [6, 6.07) is 11.1. The molecule has 0 radical (unpaired) electrons. The summed E-state index contributed by atoms with van der Waals surface area (Å²) in [7, 11) is 0. The molecule has 1 aliphatic carbocycles. The summed E-state index contributed by atoms with van der Waals surface area (Å²) in [5.41, 5.74) is 6.73. The molecular formula is C22H32N2. The summed E-state index contributed by atoms with van der Waals surface area (Å²) < 4.78 is 2.10. The van der Waals surface area contributed by atoms with Crippen molar-refractivity contribution in [2.75, 3.05) is 0 Å². The van der Waals surface area contributed by atoms with Crippen molar-refractivity contribution in [1.82, 2.24) is 9.78 Å². The first-order valence-electron chi connectivity index (χ1n) is 9.18. The van der Waals surface area contributed by atoms with Gasteiger partial charge in [-0.25, -0.2) is 4.68 Å². The molecular weight excluding hydrogens is 292 g/mol. The first-order chi connectivity index (χ1) is 11.3. The van der Waals surface area contributed by atoms with Crippen LogP contribution in [0.3, 0.4) is 0 Å². The summed E-state index contributed by atoms with van der Waals surface area (Å²) in [6.07, 6.45) is 7.23. The third kappa shape index (κ3) is 3.63. The van der Waals surface area contributed by atoms with Gasteiger partial charge in [0.25, 0.3) is 0 Å². The monoisotopic (exact) mass is 324 g/mol. The normalized spacial score (nSPS) is 19.0. The second kappa shape index (κ2) is 6.58. The number of nitrogens with zero attached hydrogens (tertiary/aromatic N) is 2. The van der Waals surface area contributed by atoms with Crippen molar-refractivity contribution < 1.29 is 1.43 Å². The molecule has 0 amide bonds. The molecule has 1 aromatic carbocycles. The van der Waals surface area contributed by atoms with Gasteiger partial charge in [-0.1, -0.05) is 44.6 Å². The summed E-state index contributed by atoms with van der Waals surface area (Å²) in [5.74, 6) is 0.590. The smallest absolute Gasteiger partial charge is 0.0662 e. The van der Waals surface area contributed by atoms with E-state index in [-0.39, 0.29) is 6.84 Å². The van der Waals surface area contributed by atoms with Gasteiger partial charge in [0, 0.05) is 13.0 Å². The van der Waals surface area contributed by atoms with Gasteiger partial charge in [-0.15, -0.1) is 0 Å². The molecule has 1 atom stereocenters. The zero-order valence-corrected chi connectivity index (χ0v) is 15.8. The van der Waals surface area contributed by atoms with Crippen LogP contribution in [0.15, 0.2) is 42.0 Å². The largest absolute Gasteiger partial charge is 0.238 e. The fourth-order valence-electron chi connectivity index (χ4n) is 3.54. The van der Waals surface area contributed by atoms with Crippen LogP contribution in [0.5, 0.6) is 0 Å². The Morgan fingerprint density at radius 1 is 1.08 bits per heavy atom. The molecule has 24 heavy (non-hydrogen) atoms. The summed E-state index contributed by atoms with van der Waals surface area (Å²) >= 11 is 0. The lowest BCUT2D eigenvalue weighted by Crippen LogP contribution is -2.11. The van der Waals surface area contributed by atoms with Crippen LogP contribution in [-0.2, 0) is 5.41 Å². The highest BCUT2D eigenvalue weighted by molar-refractivity contribution is 5.38. The van der Waals surface area contributed by atoms with Crippen molar-refractivity contribution in [3.63, 3.8) is 0 Å². The molecule has 1 unspecified atom stereocenters. The zero-order chi connectivity index (χ0) is 17.3. The van der Waals surface area contributed by atoms with Crippen LogP contribution in [0.4, 0.5) is 0 Å². The van der Waals surface area contributed by atoms with Crippen LogP contribution in [-0.4, -0.2) is 9.78 Å². The second-order valence-electron chi connectivity index (χ2n) is 8.28. The Bertz CT molecular complexity index is 732. The first kappa shape index (κ1) is 17.0. The Balaban J connectivity index is 0.00000225. The molecule has 0 spiro atoms. The number of allylic oxidation sites excluding steroid dienone is 2. The lowest BCUT2D eigenvalue weighted by atomic mass is 9.87. The van der Waals surface area contributed by atoms with E-state index in [0.29, 0.717) is 5.92 Å². The fraction of sp³-hybridized carbons (Fsp3) is 0.500. The van der Waals surface area contributed by atoms with Crippen LogP contribution in [0.25, 0.3) is 5.69 Å². The first-order valence-corrected chi connectivity index (χ1v) is 9.18. The highest BCUT2D eigenvalue weighted by Gasteiger charge is 2.19. The molecule has 1 aliphatic rings. The number of rotatable bonds is 2. The Morgan fingerprint density at radius 3 is 2.46 bits per heavy atom. The van der Waals surface area contributed by atoms with E-state index in [4.69, 9.17) is 5.10 Å². The number of hydrogen-bond acceptors (Lipinski definition) is 1. The van der Waals surface area contributed by atoms with E-state index in [1.54, 1.807) is 0 Å². The summed E-state index contributed by atoms with van der Waals surface area (Å²) in [6.45, 7) is 11.2. The molecule has 0 bridgehead atoms. The zero-order valence-electron chi connectivity index (χ0n) is 15.8. The van der Waals surface area contributed by atoms with Gasteiger partial charge in [0.2, 0.25) is 0 Å². The molecule has 1 aromatic heterocycles. The number of benzene rings is 1. The Hall–Kier alpha value is -1.83. The quantitative estimate of drug-likeness (QED) is 0.590. The van der Waals surface area contributed by atoms with Gasteiger partial charge in [0.15, 0.2) is 0 Å². The van der Waals surface area contributed by atoms with Crippen LogP contribution in [0.1, 0.15) is 77.7 Å². The predicted molar refractivity (Wildman–Crippen MR) is 104 cm³/mol. The fourth-order valence-corrected chi connectivity index (χ4v) is 3.54. The van der Waals surface area contributed by atoms with Crippen molar-refractivity contribution in [3.05, 3.63) is 58.9 Å². The molecule has 2 nitrogen and oxygen atoms in total. The van der Waals surface area contributed by atoms with Gasteiger partial charge in [-0.05, 0) is 68.7 Å². The molecule has 0 fully saturated rings. The van der Waals surface area contributed by atoms with Gasteiger partial charge >= 0.3 is 0 Å². The van der Waals surface area contributed by atoms with Gasteiger partial charge < -0.3 is 0 Å². The highest BCUT2D eigenvalue weighted by Crippen LogP contribution is 2.31. The van der Waals surface area contributed by atoms with Gasteiger partial charge in [-0.3, -0.25) is 0 Å². The van der Waals surface area contributed by atoms with Crippen molar-refractivity contribution in [1.29, 1.82) is 0 Å². The van der Waals surface area contributed by atoms with Crippen LogP contribution in [0, 0.1) is 6.92 Å². The molecule has 0 aliphatic heterocycles. The Morgan fingerprint density at radius 2 is 1.79 bits per heavy atom. The van der Waals surface area contributed by atoms with Gasteiger partial charge in [0.05, 0.1) is 11.4 Å². The average molecular weight is 325 g/mol. The van der Waals surface area contributed by atoms with Crippen molar-refractivity contribution in [2.45, 2.75) is 71.6 Å². The average Bonchev–Trinajstić information content (AvgIpc) is 2.77. The highest BCUT2D eigenvalue weighted by atomic mass is 15.3. The van der Waals surface area contributed by atoms with Crippen molar-refractivity contribution in [2.24, 2.45) is 0 Å². The van der Waals surface area contributed by atoms with E-state index >= 15 is 0 Å². The van der Waals surface area contributed by atoms with Crippen LogP contribution >= 0.6 is 0 Å². The maximum absolute atomic E-state index is 4.96. The molecule has 2 heteroatoms. The molecule has 0 saturated heterocycles. The van der Waals surface area contributed by atoms with E-state index in [1.807, 2.05) is 0 Å². The SMILES string of the molecule is CC1=CCCC(c2cc(C)n(-c3ccc(C(C)(C)C)cc3)n2)CC1.[HH]. The van der Waals surface area contributed by atoms with E-state index in [2.05, 4.69) is 75.7 Å². The standard InChI is InChI=1S/C22H30N2.H2/c1-16-7-6-8-18(10-9-16)21-15-17(2)24(23-21)20-13-11-19(12-14-20)22(3,4)5;/h7,11-15,18H,6,8-10H2,1-5H3;1H. The number of aryl methyl sites for hydroxylation is 1. The maximum atomic E-state index is 4.96. The third-order valence-corrected chi connectivity index (χ3v) is 5.20. The van der Waals surface area contributed by atoms with Crippen LogP contribution in [0.2, 0.25) is 0 Å². The van der Waals surface area contributed by atoms with Crippen molar-refractivity contribution in [3.8, 4) is 5.69 Å². The van der Waals surface area contributed by atoms with Crippen LogP contribution < -0.4 is 0 Å². The topological polar surface area (TPSA) is 17.8 Å². The predicted octanol–water partition coefficient (Wildman–Crippen LogP) is 6.33. The minimum Gasteiger partial charge on any atom is -0.238 e. The second-order valence-corrected chi connectivity index (χ2v) is 8.28. The minimum atomic E-state index is 0. The van der Waals surface area contributed by atoms with E-state index in [9.17, 15) is 0 Å². The van der Waals surface area contributed by atoms with E-state index < -0.39 is 0 Å². The minimum absolute atomic E-state index is 0. The summed E-state index contributed by atoms with van der Waals surface area (Å²) in [5, 5.41) is 4.96. The molecule has 0 N–H and O–H groups in total. The van der Waals surface area contributed by atoms with Gasteiger partial charge in [0.1, 0.15) is 0 Å². The maximum Gasteiger partial charge on any atom is 0.0662 e. The summed E-state index contributed by atoms with van der Waals surface area (Å²) in [4.78, 5) is 0.